The molecule has 5 nitrogen and oxygen atoms in total. The fourth-order valence-corrected chi connectivity index (χ4v) is 3.72. The molecule has 0 saturated carbocycles. The maximum absolute atomic E-state index is 13.0. The van der Waals surface area contributed by atoms with Crippen molar-refractivity contribution in [1.29, 1.82) is 0 Å². The molecule has 0 aliphatic heterocycles. The van der Waals surface area contributed by atoms with Crippen LogP contribution in [0.25, 0.3) is 0 Å². The Labute approximate surface area is 178 Å². The molecule has 0 bridgehead atoms. The highest BCUT2D eigenvalue weighted by Crippen LogP contribution is 2.43. The second-order valence-electron chi connectivity index (χ2n) is 7.37. The number of halogens is 3. The van der Waals surface area contributed by atoms with Crippen molar-refractivity contribution in [1.82, 2.24) is 4.90 Å². The number of hydrogen-bond acceptors (Lipinski definition) is 3. The summed E-state index contributed by atoms with van der Waals surface area (Å²) < 4.78 is 39.0. The number of fused-ring (bicyclic) bond motifs is 1. The van der Waals surface area contributed by atoms with E-state index in [2.05, 4.69) is 17.0 Å². The van der Waals surface area contributed by atoms with Crippen LogP contribution in [0, 0.1) is 0 Å². The van der Waals surface area contributed by atoms with Crippen LogP contribution in [0.5, 0.6) is 0 Å². The molecule has 2 N–H and O–H groups in total. The minimum atomic E-state index is -4.30. The average molecular weight is 435 g/mol. The molecule has 2 atom stereocenters. The third kappa shape index (κ3) is 6.68. The fraction of sp³-hybridized carbons (Fsp3) is 0.304. The topological polar surface area (TPSA) is 77.8 Å². The SMILES string of the molecule is CN(C)[C@@H]1CCC(c2cccc(C(F)(F)F)c2)c2ccccc21.O=C(O)/C=C\C(=O)O. The molecular formula is C23H24F3NO4. The zero-order chi connectivity index (χ0) is 23.2. The van der Waals surface area contributed by atoms with Crippen LogP contribution in [-0.2, 0) is 15.8 Å². The van der Waals surface area contributed by atoms with Crippen LogP contribution in [0.3, 0.4) is 0 Å². The summed E-state index contributed by atoms with van der Waals surface area (Å²) in [6, 6.07) is 14.2. The second kappa shape index (κ2) is 10.3. The van der Waals surface area contributed by atoms with Crippen molar-refractivity contribution < 1.29 is 33.0 Å². The molecule has 2 aromatic rings. The Morgan fingerprint density at radius 1 is 0.935 bits per heavy atom. The standard InChI is InChI=1S/C19H20F3N.C4H4O4/c1-23(2)18-11-10-15(16-8-3-4-9-17(16)18)13-6-5-7-14(12-13)19(20,21)22;5-3(6)1-2-4(7)8/h3-9,12,15,18H,10-11H2,1-2H3;1-2H,(H,5,6)(H,7,8)/b;2-1-/t15?,18-;/m1./s1. The van der Waals surface area contributed by atoms with E-state index in [1.807, 2.05) is 32.3 Å². The van der Waals surface area contributed by atoms with Crippen LogP contribution in [0.2, 0.25) is 0 Å². The van der Waals surface area contributed by atoms with Gasteiger partial charge in [0.15, 0.2) is 0 Å². The molecule has 0 radical (unpaired) electrons. The van der Waals surface area contributed by atoms with Gasteiger partial charge in [-0.05, 0) is 49.7 Å². The number of benzene rings is 2. The smallest absolute Gasteiger partial charge is 0.416 e. The van der Waals surface area contributed by atoms with Crippen LogP contribution in [0.1, 0.15) is 47.1 Å². The third-order valence-electron chi connectivity index (χ3n) is 5.07. The van der Waals surface area contributed by atoms with E-state index in [0.29, 0.717) is 18.2 Å². The van der Waals surface area contributed by atoms with Gasteiger partial charge in [-0.2, -0.15) is 13.2 Å². The molecule has 2 aromatic carbocycles. The summed E-state index contributed by atoms with van der Waals surface area (Å²) in [7, 11) is 4.10. The van der Waals surface area contributed by atoms with Gasteiger partial charge in [-0.25, -0.2) is 9.59 Å². The molecule has 0 aromatic heterocycles. The quantitative estimate of drug-likeness (QED) is 0.665. The van der Waals surface area contributed by atoms with Crippen molar-refractivity contribution in [3.8, 4) is 0 Å². The summed E-state index contributed by atoms with van der Waals surface area (Å²) in [6.45, 7) is 0. The van der Waals surface area contributed by atoms with Gasteiger partial charge in [0, 0.05) is 24.1 Å². The van der Waals surface area contributed by atoms with Crippen LogP contribution in [-0.4, -0.2) is 41.1 Å². The summed E-state index contributed by atoms with van der Waals surface area (Å²) in [6.07, 6.45) is -1.37. The van der Waals surface area contributed by atoms with Gasteiger partial charge >= 0.3 is 18.1 Å². The largest absolute Gasteiger partial charge is 0.478 e. The Bertz CT molecular complexity index is 938. The minimum absolute atomic E-state index is 0.0321. The first-order valence-electron chi connectivity index (χ1n) is 9.57. The number of nitrogens with zero attached hydrogens (tertiary/aromatic N) is 1. The summed E-state index contributed by atoms with van der Waals surface area (Å²) in [4.78, 5) is 21.3. The van der Waals surface area contributed by atoms with Crippen LogP contribution in [0.15, 0.2) is 60.7 Å². The fourth-order valence-electron chi connectivity index (χ4n) is 3.72. The van der Waals surface area contributed by atoms with E-state index in [1.165, 1.54) is 17.7 Å². The Balaban J connectivity index is 0.000000366. The van der Waals surface area contributed by atoms with E-state index in [4.69, 9.17) is 10.2 Å². The number of alkyl halides is 3. The van der Waals surface area contributed by atoms with Gasteiger partial charge in [-0.3, -0.25) is 0 Å². The van der Waals surface area contributed by atoms with Gasteiger partial charge in [0.05, 0.1) is 5.56 Å². The first-order chi connectivity index (χ1) is 14.5. The second-order valence-corrected chi connectivity index (χ2v) is 7.37. The lowest BCUT2D eigenvalue weighted by Crippen LogP contribution is -2.26. The first kappa shape index (κ1) is 24.1. The molecule has 1 unspecified atom stereocenters. The molecule has 166 valence electrons. The maximum atomic E-state index is 13.0. The first-order valence-corrected chi connectivity index (χ1v) is 9.57. The van der Waals surface area contributed by atoms with Gasteiger partial charge in [0.2, 0.25) is 0 Å². The Morgan fingerprint density at radius 2 is 1.52 bits per heavy atom. The Hall–Kier alpha value is -3.13. The van der Waals surface area contributed by atoms with E-state index >= 15 is 0 Å². The summed E-state index contributed by atoms with van der Waals surface area (Å²) in [5.41, 5.74) is 2.56. The number of carbonyl (C=O) groups is 2. The lowest BCUT2D eigenvalue weighted by Gasteiger charge is -2.35. The summed E-state index contributed by atoms with van der Waals surface area (Å²) in [5, 5.41) is 15.6. The molecule has 0 saturated heterocycles. The Kier molecular flexibility index (Phi) is 7.99. The molecule has 3 rings (SSSR count). The van der Waals surface area contributed by atoms with Crippen LogP contribution in [0.4, 0.5) is 13.2 Å². The highest BCUT2D eigenvalue weighted by atomic mass is 19.4. The van der Waals surface area contributed by atoms with E-state index in [0.717, 1.165) is 30.0 Å². The van der Waals surface area contributed by atoms with E-state index in [9.17, 15) is 22.8 Å². The molecular weight excluding hydrogens is 411 g/mol. The van der Waals surface area contributed by atoms with Gasteiger partial charge in [-0.1, -0.05) is 42.5 Å². The molecule has 0 amide bonds. The number of hydrogen-bond donors (Lipinski definition) is 2. The highest BCUT2D eigenvalue weighted by Gasteiger charge is 2.33. The van der Waals surface area contributed by atoms with Crippen molar-refractivity contribution in [2.75, 3.05) is 14.1 Å². The third-order valence-corrected chi connectivity index (χ3v) is 5.07. The summed E-state index contributed by atoms with van der Waals surface area (Å²) >= 11 is 0. The zero-order valence-corrected chi connectivity index (χ0v) is 17.1. The van der Waals surface area contributed by atoms with E-state index in [-0.39, 0.29) is 5.92 Å². The Morgan fingerprint density at radius 3 is 2.03 bits per heavy atom. The normalized spacial score (nSPS) is 18.3. The molecule has 0 fully saturated rings. The molecule has 8 heteroatoms. The summed E-state index contributed by atoms with van der Waals surface area (Å²) in [5.74, 6) is -2.48. The van der Waals surface area contributed by atoms with E-state index < -0.39 is 23.7 Å². The van der Waals surface area contributed by atoms with Crippen molar-refractivity contribution in [3.05, 3.63) is 82.9 Å². The van der Waals surface area contributed by atoms with Gasteiger partial charge in [0.25, 0.3) is 0 Å². The highest BCUT2D eigenvalue weighted by molar-refractivity contribution is 5.89. The lowest BCUT2D eigenvalue weighted by atomic mass is 9.76. The molecule has 1 aliphatic rings. The number of rotatable bonds is 4. The molecule has 0 spiro atoms. The van der Waals surface area contributed by atoms with Crippen molar-refractivity contribution in [2.45, 2.75) is 31.0 Å². The zero-order valence-electron chi connectivity index (χ0n) is 17.1. The number of carboxylic acid groups (broad SMARTS) is 2. The lowest BCUT2D eigenvalue weighted by molar-refractivity contribution is -0.137. The number of aliphatic carboxylic acids is 2. The molecule has 1 aliphatic carbocycles. The monoisotopic (exact) mass is 435 g/mol. The van der Waals surface area contributed by atoms with Gasteiger partial charge < -0.3 is 15.1 Å². The minimum Gasteiger partial charge on any atom is -0.478 e. The predicted octanol–water partition coefficient (Wildman–Crippen LogP) is 4.95. The van der Waals surface area contributed by atoms with Crippen LogP contribution >= 0.6 is 0 Å². The van der Waals surface area contributed by atoms with Gasteiger partial charge in [0.1, 0.15) is 0 Å². The van der Waals surface area contributed by atoms with Crippen molar-refractivity contribution >= 4 is 11.9 Å². The maximum Gasteiger partial charge on any atom is 0.416 e. The number of carboxylic acids is 2. The van der Waals surface area contributed by atoms with E-state index in [1.54, 1.807) is 0 Å². The molecule has 31 heavy (non-hydrogen) atoms. The average Bonchev–Trinajstić information content (AvgIpc) is 2.71. The van der Waals surface area contributed by atoms with Crippen molar-refractivity contribution in [2.24, 2.45) is 0 Å². The molecule has 0 heterocycles. The van der Waals surface area contributed by atoms with Crippen molar-refractivity contribution in [3.63, 3.8) is 0 Å². The van der Waals surface area contributed by atoms with Crippen LogP contribution < -0.4 is 0 Å². The van der Waals surface area contributed by atoms with Gasteiger partial charge in [-0.15, -0.1) is 0 Å². The predicted molar refractivity (Wildman–Crippen MR) is 110 cm³/mol.